The monoisotopic (exact) mass is 332 g/mol. The maximum absolute atomic E-state index is 11.9. The zero-order valence-electron chi connectivity index (χ0n) is 14.7. The van der Waals surface area contributed by atoms with Crippen LogP contribution in [0.2, 0.25) is 0 Å². The van der Waals surface area contributed by atoms with Crippen molar-refractivity contribution in [3.63, 3.8) is 0 Å². The third kappa shape index (κ3) is 5.53. The predicted molar refractivity (Wildman–Crippen MR) is 95.8 cm³/mol. The van der Waals surface area contributed by atoms with Crippen LogP contribution in [0.1, 0.15) is 30.9 Å². The molecule has 0 aromatic heterocycles. The molecule has 1 aliphatic rings. The lowest BCUT2D eigenvalue weighted by atomic mass is 10.1. The van der Waals surface area contributed by atoms with E-state index >= 15 is 0 Å². The first kappa shape index (κ1) is 18.3. The topological polar surface area (TPSA) is 66.0 Å². The van der Waals surface area contributed by atoms with Crippen LogP contribution in [0.4, 0.5) is 0 Å². The van der Waals surface area contributed by atoms with Crippen molar-refractivity contribution in [2.45, 2.75) is 32.9 Å². The largest absolute Gasteiger partial charge is 0.383 e. The Morgan fingerprint density at radius 2 is 2.08 bits per heavy atom. The molecule has 132 valence electrons. The smallest absolute Gasteiger partial charge is 0.222 e. The van der Waals surface area contributed by atoms with Gasteiger partial charge in [0.15, 0.2) is 5.96 Å². The van der Waals surface area contributed by atoms with Crippen LogP contribution in [-0.4, -0.2) is 50.1 Å². The number of nitrogens with one attached hydrogen (secondary N) is 2. The van der Waals surface area contributed by atoms with E-state index in [-0.39, 0.29) is 5.91 Å². The Morgan fingerprint density at radius 1 is 1.29 bits per heavy atom. The maximum Gasteiger partial charge on any atom is 0.222 e. The molecule has 0 aliphatic carbocycles. The van der Waals surface area contributed by atoms with Gasteiger partial charge in [0.25, 0.3) is 0 Å². The first-order valence-corrected chi connectivity index (χ1v) is 8.60. The summed E-state index contributed by atoms with van der Waals surface area (Å²) in [4.78, 5) is 18.4. The number of rotatable bonds is 8. The first-order chi connectivity index (χ1) is 11.7. The summed E-state index contributed by atoms with van der Waals surface area (Å²) in [5.41, 5.74) is 2.32. The normalized spacial score (nSPS) is 15.0. The summed E-state index contributed by atoms with van der Waals surface area (Å²) in [7, 11) is 1.68. The highest BCUT2D eigenvalue weighted by Gasteiger charge is 2.20. The highest BCUT2D eigenvalue weighted by atomic mass is 16.5. The molecule has 6 heteroatoms. The molecule has 1 aromatic rings. The van der Waals surface area contributed by atoms with Crippen LogP contribution in [0.3, 0.4) is 0 Å². The van der Waals surface area contributed by atoms with E-state index in [1.165, 1.54) is 5.56 Å². The van der Waals surface area contributed by atoms with E-state index in [1.54, 1.807) is 7.11 Å². The third-order valence-corrected chi connectivity index (χ3v) is 4.00. The number of likely N-dealkylation sites (tertiary alicyclic amines) is 1. The molecule has 0 unspecified atom stereocenters. The number of amides is 1. The van der Waals surface area contributed by atoms with Crippen LogP contribution in [0.15, 0.2) is 29.3 Å². The molecule has 24 heavy (non-hydrogen) atoms. The standard InChI is InChI=1S/C18H28N4O2/c1-3-19-18(20-10-12-24-2)21-13-15-7-4-5-8-16(15)14-22-11-6-9-17(22)23/h4-5,7-8H,3,6,9-14H2,1-2H3,(H2,19,20,21). The summed E-state index contributed by atoms with van der Waals surface area (Å²) >= 11 is 0. The minimum absolute atomic E-state index is 0.253. The second-order valence-electron chi connectivity index (χ2n) is 5.80. The van der Waals surface area contributed by atoms with Gasteiger partial charge >= 0.3 is 0 Å². The van der Waals surface area contributed by atoms with Crippen LogP contribution in [0.25, 0.3) is 0 Å². The van der Waals surface area contributed by atoms with Crippen molar-refractivity contribution >= 4 is 11.9 Å². The fourth-order valence-corrected chi connectivity index (χ4v) is 2.72. The molecule has 0 bridgehead atoms. The Hall–Kier alpha value is -2.08. The summed E-state index contributed by atoms with van der Waals surface area (Å²) in [6.07, 6.45) is 1.64. The number of benzene rings is 1. The van der Waals surface area contributed by atoms with Gasteiger partial charge in [0, 0.05) is 39.7 Å². The van der Waals surface area contributed by atoms with E-state index in [9.17, 15) is 4.79 Å². The van der Waals surface area contributed by atoms with Gasteiger partial charge in [0.05, 0.1) is 13.2 Å². The lowest BCUT2D eigenvalue weighted by Crippen LogP contribution is -2.38. The highest BCUT2D eigenvalue weighted by Crippen LogP contribution is 2.17. The van der Waals surface area contributed by atoms with Crippen molar-refractivity contribution < 1.29 is 9.53 Å². The van der Waals surface area contributed by atoms with Gasteiger partial charge in [-0.25, -0.2) is 4.99 Å². The molecule has 2 N–H and O–H groups in total. The predicted octanol–water partition coefficient (Wildman–Crippen LogP) is 1.51. The van der Waals surface area contributed by atoms with Crippen molar-refractivity contribution in [1.29, 1.82) is 0 Å². The first-order valence-electron chi connectivity index (χ1n) is 8.60. The van der Waals surface area contributed by atoms with Gasteiger partial charge in [-0.3, -0.25) is 4.79 Å². The van der Waals surface area contributed by atoms with E-state index in [1.807, 2.05) is 24.0 Å². The van der Waals surface area contributed by atoms with Crippen LogP contribution in [0.5, 0.6) is 0 Å². The van der Waals surface area contributed by atoms with Crippen LogP contribution in [0, 0.1) is 0 Å². The number of nitrogens with zero attached hydrogens (tertiary/aromatic N) is 2. The van der Waals surface area contributed by atoms with Gasteiger partial charge in [-0.2, -0.15) is 0 Å². The van der Waals surface area contributed by atoms with E-state index in [0.717, 1.165) is 31.0 Å². The molecule has 0 saturated carbocycles. The summed E-state index contributed by atoms with van der Waals surface area (Å²) in [6, 6.07) is 8.20. The Balaban J connectivity index is 2.01. The van der Waals surface area contributed by atoms with Gasteiger partial charge in [0.1, 0.15) is 0 Å². The second kappa shape index (κ2) is 9.93. The number of aliphatic imine (C=N–C) groups is 1. The number of hydrogen-bond acceptors (Lipinski definition) is 3. The Kier molecular flexibility index (Phi) is 7.55. The van der Waals surface area contributed by atoms with Crippen LogP contribution >= 0.6 is 0 Å². The fourth-order valence-electron chi connectivity index (χ4n) is 2.72. The maximum atomic E-state index is 11.9. The van der Waals surface area contributed by atoms with Gasteiger partial charge in [-0.1, -0.05) is 24.3 Å². The zero-order chi connectivity index (χ0) is 17.2. The molecular weight excluding hydrogens is 304 g/mol. The summed E-state index contributed by atoms with van der Waals surface area (Å²) in [5, 5.41) is 6.47. The molecule has 1 aromatic carbocycles. The lowest BCUT2D eigenvalue weighted by molar-refractivity contribution is -0.128. The van der Waals surface area contributed by atoms with Crippen molar-refractivity contribution in [1.82, 2.24) is 15.5 Å². The minimum atomic E-state index is 0.253. The highest BCUT2D eigenvalue weighted by molar-refractivity contribution is 5.79. The third-order valence-electron chi connectivity index (χ3n) is 4.00. The zero-order valence-corrected chi connectivity index (χ0v) is 14.7. The summed E-state index contributed by atoms with van der Waals surface area (Å²) in [5.74, 6) is 1.03. The number of carbonyl (C=O) groups excluding carboxylic acids is 1. The molecule has 2 rings (SSSR count). The Morgan fingerprint density at radius 3 is 2.75 bits per heavy atom. The SMILES string of the molecule is CCNC(=NCc1ccccc1CN1CCCC1=O)NCCOC. The molecule has 1 amide bonds. The summed E-state index contributed by atoms with van der Waals surface area (Å²) in [6.45, 7) is 6.32. The van der Waals surface area contributed by atoms with E-state index in [4.69, 9.17) is 4.74 Å². The molecule has 1 saturated heterocycles. The molecule has 0 atom stereocenters. The number of carbonyl (C=O) groups is 1. The van der Waals surface area contributed by atoms with Crippen LogP contribution in [-0.2, 0) is 22.6 Å². The summed E-state index contributed by atoms with van der Waals surface area (Å²) < 4.78 is 5.05. The van der Waals surface area contributed by atoms with Crippen molar-refractivity contribution in [2.75, 3.05) is 33.4 Å². The Bertz CT molecular complexity index is 560. The molecule has 1 heterocycles. The van der Waals surface area contributed by atoms with Crippen molar-refractivity contribution in [2.24, 2.45) is 4.99 Å². The Labute approximate surface area is 144 Å². The van der Waals surface area contributed by atoms with Gasteiger partial charge in [0.2, 0.25) is 5.91 Å². The van der Waals surface area contributed by atoms with E-state index in [0.29, 0.717) is 32.7 Å². The average molecular weight is 332 g/mol. The number of guanidine groups is 1. The van der Waals surface area contributed by atoms with Gasteiger partial charge < -0.3 is 20.3 Å². The van der Waals surface area contributed by atoms with E-state index < -0.39 is 0 Å². The molecule has 1 fully saturated rings. The number of hydrogen-bond donors (Lipinski definition) is 2. The van der Waals surface area contributed by atoms with Crippen molar-refractivity contribution in [3.8, 4) is 0 Å². The molecule has 0 radical (unpaired) electrons. The van der Waals surface area contributed by atoms with Gasteiger partial charge in [-0.05, 0) is 24.5 Å². The quantitative estimate of drug-likeness (QED) is 0.430. The molecule has 0 spiro atoms. The van der Waals surface area contributed by atoms with Crippen LogP contribution < -0.4 is 10.6 Å². The molecular formula is C18H28N4O2. The fraction of sp³-hybridized carbons (Fsp3) is 0.556. The average Bonchev–Trinajstić information content (AvgIpc) is 2.99. The number of ether oxygens (including phenoxy) is 1. The van der Waals surface area contributed by atoms with Gasteiger partial charge in [-0.15, -0.1) is 0 Å². The molecule has 6 nitrogen and oxygen atoms in total. The number of methoxy groups -OCH3 is 1. The lowest BCUT2D eigenvalue weighted by Gasteiger charge is -2.18. The minimum Gasteiger partial charge on any atom is -0.383 e. The van der Waals surface area contributed by atoms with E-state index in [2.05, 4.69) is 27.8 Å². The molecule has 1 aliphatic heterocycles. The van der Waals surface area contributed by atoms with Crippen molar-refractivity contribution in [3.05, 3.63) is 35.4 Å². The second-order valence-corrected chi connectivity index (χ2v) is 5.80.